The van der Waals surface area contributed by atoms with Crippen molar-refractivity contribution in [3.8, 4) is 0 Å². The van der Waals surface area contributed by atoms with Gasteiger partial charge >= 0.3 is 0 Å². The lowest BCUT2D eigenvalue weighted by molar-refractivity contribution is 0.103. The van der Waals surface area contributed by atoms with E-state index >= 15 is 0 Å². The van der Waals surface area contributed by atoms with E-state index in [1.807, 2.05) is 16.8 Å². The molecule has 4 aromatic rings. The fourth-order valence-corrected chi connectivity index (χ4v) is 4.36. The molecule has 0 fully saturated rings. The van der Waals surface area contributed by atoms with Crippen LogP contribution in [-0.2, 0) is 6.54 Å². The van der Waals surface area contributed by atoms with E-state index in [1.165, 1.54) is 45.6 Å². The summed E-state index contributed by atoms with van der Waals surface area (Å²) in [7, 11) is 0. The first kappa shape index (κ1) is 18.3. The Balaban J connectivity index is 1.87. The van der Waals surface area contributed by atoms with Gasteiger partial charge in [-0.2, -0.15) is 11.3 Å². The van der Waals surface area contributed by atoms with Crippen molar-refractivity contribution in [2.45, 2.75) is 6.54 Å². The van der Waals surface area contributed by atoms with Crippen LogP contribution in [0.25, 0.3) is 12.2 Å². The van der Waals surface area contributed by atoms with E-state index < -0.39 is 5.82 Å². The predicted molar refractivity (Wildman–Crippen MR) is 109 cm³/mol. The van der Waals surface area contributed by atoms with Gasteiger partial charge in [-0.1, -0.05) is 18.2 Å². The van der Waals surface area contributed by atoms with Crippen molar-refractivity contribution in [1.29, 1.82) is 0 Å². The predicted octanol–water partition coefficient (Wildman–Crippen LogP) is 3.24. The molecule has 0 spiro atoms. The van der Waals surface area contributed by atoms with Crippen LogP contribution in [0.3, 0.4) is 0 Å². The van der Waals surface area contributed by atoms with Crippen molar-refractivity contribution in [3.05, 3.63) is 102 Å². The topological polar surface area (TPSA) is 52.2 Å². The summed E-state index contributed by atoms with van der Waals surface area (Å²) in [5.74, 6) is -0.565. The Morgan fingerprint density at radius 2 is 2.04 bits per heavy atom. The summed E-state index contributed by atoms with van der Waals surface area (Å²) in [4.78, 5) is 25.4. The van der Waals surface area contributed by atoms with E-state index in [-0.39, 0.29) is 23.6 Å². The molecule has 0 amide bonds. The maximum atomic E-state index is 14.1. The monoisotopic (exact) mass is 411 g/mol. The summed E-state index contributed by atoms with van der Waals surface area (Å²) < 4.78 is 21.6. The molecule has 0 atom stereocenters. The van der Waals surface area contributed by atoms with Gasteiger partial charge in [-0.05, 0) is 46.7 Å². The second kappa shape index (κ2) is 7.92. The summed E-state index contributed by atoms with van der Waals surface area (Å²) in [5, 5.41) is 3.85. The molecular formula is C21H14FNO3S2. The quantitative estimate of drug-likeness (QED) is 0.474. The third kappa shape index (κ3) is 3.81. The minimum absolute atomic E-state index is 0.0384. The average molecular weight is 411 g/mol. The summed E-state index contributed by atoms with van der Waals surface area (Å²) in [6, 6.07) is 11.4. The van der Waals surface area contributed by atoms with E-state index in [1.54, 1.807) is 36.4 Å². The lowest BCUT2D eigenvalue weighted by Gasteiger charge is -2.04. The lowest BCUT2D eigenvalue weighted by atomic mass is 10.2. The second-order valence-electron chi connectivity index (χ2n) is 5.97. The molecule has 7 heteroatoms. The number of hydrogen-bond donors (Lipinski definition) is 0. The first-order chi connectivity index (χ1) is 13.6. The van der Waals surface area contributed by atoms with Crippen molar-refractivity contribution in [3.63, 3.8) is 0 Å². The van der Waals surface area contributed by atoms with Crippen LogP contribution in [0.2, 0.25) is 0 Å². The zero-order chi connectivity index (χ0) is 19.5. The largest absolute Gasteiger partial charge is 0.461 e. The summed E-state index contributed by atoms with van der Waals surface area (Å²) in [6.45, 7) is 0.0384. The molecule has 4 rings (SSSR count). The maximum absolute atomic E-state index is 14.1. The maximum Gasteiger partial charge on any atom is 0.269 e. The van der Waals surface area contributed by atoms with E-state index in [0.29, 0.717) is 14.8 Å². The number of nitrogens with zero attached hydrogens (tertiary/aromatic N) is 1. The average Bonchev–Trinajstić information content (AvgIpc) is 3.43. The number of halogens is 1. The molecule has 0 aliphatic heterocycles. The SMILES string of the molecule is O=C(/C=c1\s/c(=C/c2ccsc2)c(=O)n1Cc1ccccc1F)c1ccco1. The fraction of sp³-hybridized carbons (Fsp3) is 0.0476. The second-order valence-corrected chi connectivity index (χ2v) is 7.82. The smallest absolute Gasteiger partial charge is 0.269 e. The Morgan fingerprint density at radius 3 is 2.75 bits per heavy atom. The van der Waals surface area contributed by atoms with Crippen LogP contribution in [0.1, 0.15) is 21.7 Å². The number of rotatable bonds is 5. The van der Waals surface area contributed by atoms with Gasteiger partial charge in [-0.25, -0.2) is 4.39 Å². The van der Waals surface area contributed by atoms with Gasteiger partial charge in [0.2, 0.25) is 5.78 Å². The highest BCUT2D eigenvalue weighted by atomic mass is 32.1. The number of thiophene rings is 1. The van der Waals surface area contributed by atoms with E-state index in [0.717, 1.165) is 5.56 Å². The minimum atomic E-state index is -0.396. The molecule has 3 aromatic heterocycles. The van der Waals surface area contributed by atoms with Crippen molar-refractivity contribution in [1.82, 2.24) is 4.57 Å². The van der Waals surface area contributed by atoms with Gasteiger partial charge in [0, 0.05) is 11.6 Å². The number of aromatic nitrogens is 1. The first-order valence-electron chi connectivity index (χ1n) is 8.38. The number of thiazole rings is 1. The van der Waals surface area contributed by atoms with E-state index in [2.05, 4.69) is 0 Å². The Kier molecular flexibility index (Phi) is 5.18. The normalized spacial score (nSPS) is 12.6. The van der Waals surface area contributed by atoms with Crippen molar-refractivity contribution < 1.29 is 13.6 Å². The Bertz CT molecular complexity index is 1280. The van der Waals surface area contributed by atoms with Crippen LogP contribution in [0.5, 0.6) is 0 Å². The number of carbonyl (C=O) groups is 1. The number of Topliss-reactive ketones (excluding diaryl/α,β-unsaturated/α-hetero) is 1. The number of carbonyl (C=O) groups excluding carboxylic acids is 1. The van der Waals surface area contributed by atoms with Gasteiger partial charge in [-0.3, -0.25) is 14.2 Å². The van der Waals surface area contributed by atoms with Crippen molar-refractivity contribution in [2.24, 2.45) is 0 Å². The molecule has 1 aromatic carbocycles. The van der Waals surface area contributed by atoms with Gasteiger partial charge in [0.15, 0.2) is 5.76 Å². The summed E-state index contributed by atoms with van der Waals surface area (Å²) in [6.07, 6.45) is 4.55. The molecule has 3 heterocycles. The van der Waals surface area contributed by atoms with E-state index in [9.17, 15) is 14.0 Å². The molecule has 0 radical (unpaired) electrons. The van der Waals surface area contributed by atoms with Gasteiger partial charge in [-0.15, -0.1) is 11.3 Å². The molecule has 4 nitrogen and oxygen atoms in total. The van der Waals surface area contributed by atoms with Crippen LogP contribution in [-0.4, -0.2) is 10.4 Å². The molecular weight excluding hydrogens is 397 g/mol. The molecule has 0 saturated carbocycles. The van der Waals surface area contributed by atoms with Gasteiger partial charge in [0.25, 0.3) is 5.56 Å². The molecule has 0 aliphatic carbocycles. The van der Waals surface area contributed by atoms with Crippen LogP contribution >= 0.6 is 22.7 Å². The zero-order valence-corrected chi connectivity index (χ0v) is 16.1. The third-order valence-electron chi connectivity index (χ3n) is 4.08. The Hall–Kier alpha value is -3.03. The van der Waals surface area contributed by atoms with Gasteiger partial charge < -0.3 is 4.42 Å². The third-order valence-corrected chi connectivity index (χ3v) is 5.84. The number of benzene rings is 1. The lowest BCUT2D eigenvalue weighted by Crippen LogP contribution is -2.32. The number of furan rings is 1. The molecule has 0 bridgehead atoms. The number of hydrogen-bond acceptors (Lipinski definition) is 5. The van der Waals surface area contributed by atoms with Crippen LogP contribution in [0.4, 0.5) is 4.39 Å². The van der Waals surface area contributed by atoms with Crippen LogP contribution < -0.4 is 14.8 Å². The summed E-state index contributed by atoms with van der Waals surface area (Å²) >= 11 is 2.72. The molecule has 0 N–H and O–H groups in total. The summed E-state index contributed by atoms with van der Waals surface area (Å²) in [5.41, 5.74) is 1.02. The highest BCUT2D eigenvalue weighted by Crippen LogP contribution is 2.08. The van der Waals surface area contributed by atoms with E-state index in [4.69, 9.17) is 4.42 Å². The van der Waals surface area contributed by atoms with Crippen LogP contribution in [0, 0.1) is 5.82 Å². The zero-order valence-electron chi connectivity index (χ0n) is 14.5. The highest BCUT2D eigenvalue weighted by molar-refractivity contribution is 7.08. The van der Waals surface area contributed by atoms with Crippen molar-refractivity contribution in [2.75, 3.05) is 0 Å². The van der Waals surface area contributed by atoms with Crippen molar-refractivity contribution >= 4 is 40.6 Å². The minimum Gasteiger partial charge on any atom is -0.461 e. The number of ketones is 1. The molecule has 0 unspecified atom stereocenters. The Labute approximate surface area is 167 Å². The molecule has 0 saturated heterocycles. The fourth-order valence-electron chi connectivity index (χ4n) is 2.70. The standard InChI is InChI=1S/C21H14FNO3S2/c22-16-5-2-1-4-15(16)12-23-20(11-17(24)18-6-3-8-26-18)28-19(21(23)25)10-14-7-9-27-13-14/h1-11,13H,12H2/b19-10+,20-11-. The van der Waals surface area contributed by atoms with Crippen LogP contribution in [0.15, 0.2) is 68.7 Å². The molecule has 0 aliphatic rings. The van der Waals surface area contributed by atoms with Gasteiger partial charge in [0.1, 0.15) is 10.5 Å². The van der Waals surface area contributed by atoms with Gasteiger partial charge in [0.05, 0.1) is 17.3 Å². The molecule has 140 valence electrons. The molecule has 28 heavy (non-hydrogen) atoms. The first-order valence-corrected chi connectivity index (χ1v) is 10.1. The Morgan fingerprint density at radius 1 is 1.18 bits per heavy atom. The highest BCUT2D eigenvalue weighted by Gasteiger charge is 2.11.